The number of benzene rings is 2. The van der Waals surface area contributed by atoms with Crippen molar-refractivity contribution in [2.45, 2.75) is 32.6 Å². The second-order valence-corrected chi connectivity index (χ2v) is 8.71. The van der Waals surface area contributed by atoms with Crippen LogP contribution in [-0.2, 0) is 10.0 Å². The van der Waals surface area contributed by atoms with Gasteiger partial charge in [-0.2, -0.15) is 4.31 Å². The van der Waals surface area contributed by atoms with E-state index in [1.54, 1.807) is 44.2 Å². The minimum atomic E-state index is -3.52. The summed E-state index contributed by atoms with van der Waals surface area (Å²) in [5.41, 5.74) is 0.949. The summed E-state index contributed by atoms with van der Waals surface area (Å²) in [4.78, 5) is 12.8. The van der Waals surface area contributed by atoms with Gasteiger partial charge in [-0.1, -0.05) is 39.8 Å². The summed E-state index contributed by atoms with van der Waals surface area (Å²) in [6.07, 6.45) is 0. The van der Waals surface area contributed by atoms with Gasteiger partial charge in [0.25, 0.3) is 5.91 Å². The predicted octanol–water partition coefficient (Wildman–Crippen LogP) is 4.00. The van der Waals surface area contributed by atoms with Gasteiger partial charge in [0.05, 0.1) is 17.1 Å². The Morgan fingerprint density at radius 3 is 2.21 bits per heavy atom. The molecule has 0 atom stereocenters. The maximum atomic E-state index is 12.6. The summed E-state index contributed by atoms with van der Waals surface area (Å²) in [5.74, 6) is 0.560. The van der Waals surface area contributed by atoms with Gasteiger partial charge in [0, 0.05) is 18.8 Å². The highest BCUT2D eigenvalue weighted by molar-refractivity contribution is 7.89. The molecule has 28 heavy (non-hydrogen) atoms. The van der Waals surface area contributed by atoms with Crippen LogP contribution in [0.25, 0.3) is 0 Å². The number of carbonyl (C=O) groups excluding carboxylic acids is 1. The Hall–Kier alpha value is -2.38. The normalized spacial score (nSPS) is 11.6. The van der Waals surface area contributed by atoms with Crippen molar-refractivity contribution >= 4 is 21.6 Å². The van der Waals surface area contributed by atoms with Crippen LogP contribution in [0.1, 0.15) is 38.1 Å². The van der Waals surface area contributed by atoms with E-state index in [4.69, 9.17) is 4.74 Å². The van der Waals surface area contributed by atoms with Gasteiger partial charge in [0.15, 0.2) is 0 Å². The van der Waals surface area contributed by atoms with Gasteiger partial charge in [-0.05, 0) is 42.3 Å². The molecular weight excluding hydrogens is 376 g/mol. The van der Waals surface area contributed by atoms with E-state index < -0.39 is 10.0 Å². The number of rotatable bonds is 9. The first-order valence-corrected chi connectivity index (χ1v) is 10.9. The Kier molecular flexibility index (Phi) is 7.60. The third-order valence-electron chi connectivity index (χ3n) is 4.16. The molecule has 0 heterocycles. The molecule has 152 valence electrons. The molecule has 6 nitrogen and oxygen atoms in total. The molecule has 0 saturated heterocycles. The lowest BCUT2D eigenvalue weighted by Gasteiger charge is -2.18. The molecule has 1 amide bonds. The first-order valence-electron chi connectivity index (χ1n) is 9.43. The second kappa shape index (κ2) is 9.71. The number of hydrogen-bond donors (Lipinski definition) is 1. The molecule has 0 aliphatic heterocycles. The molecule has 0 bridgehead atoms. The van der Waals surface area contributed by atoms with Gasteiger partial charge in [0.2, 0.25) is 10.0 Å². The van der Waals surface area contributed by atoms with Crippen molar-refractivity contribution in [2.75, 3.05) is 25.0 Å². The van der Waals surface area contributed by atoms with Crippen LogP contribution in [0, 0.1) is 5.92 Å². The fourth-order valence-corrected chi connectivity index (χ4v) is 4.12. The van der Waals surface area contributed by atoms with Crippen molar-refractivity contribution in [1.82, 2.24) is 4.31 Å². The molecular formula is C21H28N2O4S. The van der Waals surface area contributed by atoms with Gasteiger partial charge in [0.1, 0.15) is 5.75 Å². The summed E-state index contributed by atoms with van der Waals surface area (Å²) in [6.45, 7) is 9.01. The van der Waals surface area contributed by atoms with Gasteiger partial charge < -0.3 is 10.1 Å². The molecule has 2 aromatic rings. The quantitative estimate of drug-likeness (QED) is 0.685. The number of nitrogens with one attached hydrogen (secondary N) is 1. The topological polar surface area (TPSA) is 75.7 Å². The molecule has 0 radical (unpaired) electrons. The minimum absolute atomic E-state index is 0.204. The average Bonchev–Trinajstić information content (AvgIpc) is 2.67. The summed E-state index contributed by atoms with van der Waals surface area (Å²) < 4.78 is 32.2. The van der Waals surface area contributed by atoms with Crippen LogP contribution < -0.4 is 10.1 Å². The van der Waals surface area contributed by atoms with Crippen molar-refractivity contribution in [3.63, 3.8) is 0 Å². The maximum absolute atomic E-state index is 12.6. The van der Waals surface area contributed by atoms with Crippen molar-refractivity contribution in [3.8, 4) is 5.75 Å². The highest BCUT2D eigenvalue weighted by atomic mass is 32.2. The Morgan fingerprint density at radius 2 is 1.64 bits per heavy atom. The van der Waals surface area contributed by atoms with Crippen molar-refractivity contribution in [1.29, 1.82) is 0 Å². The average molecular weight is 405 g/mol. The minimum Gasteiger partial charge on any atom is -0.492 e. The summed E-state index contributed by atoms with van der Waals surface area (Å²) in [7, 11) is -3.52. The molecule has 7 heteroatoms. The van der Waals surface area contributed by atoms with E-state index in [9.17, 15) is 13.2 Å². The van der Waals surface area contributed by atoms with Crippen LogP contribution in [0.3, 0.4) is 0 Å². The van der Waals surface area contributed by atoms with Crippen molar-refractivity contribution < 1.29 is 17.9 Å². The highest BCUT2D eigenvalue weighted by Crippen LogP contribution is 2.22. The Bertz CT molecular complexity index is 889. The number of para-hydroxylation sites is 1. The number of ether oxygens (including phenoxy) is 1. The lowest BCUT2D eigenvalue weighted by Crippen LogP contribution is -2.30. The van der Waals surface area contributed by atoms with Crippen LogP contribution in [0.5, 0.6) is 5.75 Å². The standard InChI is InChI=1S/C21H28N2O4S/c1-5-23(6-2)28(25,26)18-13-11-17(12-14-18)22-21(24)19-9-7-8-10-20(19)27-15-16(3)4/h7-14,16H,5-6,15H2,1-4H3,(H,22,24). The molecule has 0 unspecified atom stereocenters. The van der Waals surface area contributed by atoms with Gasteiger partial charge in [-0.3, -0.25) is 4.79 Å². The third-order valence-corrected chi connectivity index (χ3v) is 6.22. The Morgan fingerprint density at radius 1 is 1.04 bits per heavy atom. The zero-order chi connectivity index (χ0) is 20.7. The maximum Gasteiger partial charge on any atom is 0.259 e. The predicted molar refractivity (Wildman–Crippen MR) is 111 cm³/mol. The van der Waals surface area contributed by atoms with Gasteiger partial charge >= 0.3 is 0 Å². The van der Waals surface area contributed by atoms with E-state index in [2.05, 4.69) is 5.32 Å². The second-order valence-electron chi connectivity index (χ2n) is 6.77. The number of anilines is 1. The highest BCUT2D eigenvalue weighted by Gasteiger charge is 2.21. The first-order chi connectivity index (χ1) is 13.3. The van der Waals surface area contributed by atoms with Gasteiger partial charge in [-0.15, -0.1) is 0 Å². The number of hydrogen-bond acceptors (Lipinski definition) is 4. The van der Waals surface area contributed by atoms with E-state index in [0.29, 0.717) is 42.6 Å². The molecule has 2 aromatic carbocycles. The van der Waals surface area contributed by atoms with E-state index in [0.717, 1.165) is 0 Å². The molecule has 0 aromatic heterocycles. The Labute approximate surface area is 167 Å². The van der Waals surface area contributed by atoms with Gasteiger partial charge in [-0.25, -0.2) is 8.42 Å². The van der Waals surface area contributed by atoms with E-state index in [-0.39, 0.29) is 10.8 Å². The Balaban J connectivity index is 2.16. The zero-order valence-corrected chi connectivity index (χ0v) is 17.6. The number of amides is 1. The lowest BCUT2D eigenvalue weighted by molar-refractivity contribution is 0.102. The third kappa shape index (κ3) is 5.33. The molecule has 0 aliphatic rings. The number of carbonyl (C=O) groups is 1. The van der Waals surface area contributed by atoms with Crippen molar-refractivity contribution in [3.05, 3.63) is 54.1 Å². The summed E-state index contributed by atoms with van der Waals surface area (Å²) in [5, 5.41) is 2.79. The van der Waals surface area contributed by atoms with Crippen molar-refractivity contribution in [2.24, 2.45) is 5.92 Å². The van der Waals surface area contributed by atoms with Crippen LogP contribution in [0.15, 0.2) is 53.4 Å². The molecule has 1 N–H and O–H groups in total. The molecule has 0 aliphatic carbocycles. The molecule has 0 spiro atoms. The zero-order valence-electron chi connectivity index (χ0n) is 16.8. The number of sulfonamides is 1. The molecule has 2 rings (SSSR count). The first kappa shape index (κ1) is 21.9. The van der Waals surface area contributed by atoms with E-state index in [1.165, 1.54) is 16.4 Å². The fourth-order valence-electron chi connectivity index (χ4n) is 2.66. The van der Waals surface area contributed by atoms with Crippen LogP contribution in [-0.4, -0.2) is 38.3 Å². The van der Waals surface area contributed by atoms with Crippen LogP contribution >= 0.6 is 0 Å². The van der Waals surface area contributed by atoms with E-state index in [1.807, 2.05) is 19.9 Å². The fraction of sp³-hybridized carbons (Fsp3) is 0.381. The van der Waals surface area contributed by atoms with Crippen LogP contribution in [0.2, 0.25) is 0 Å². The molecule has 0 fully saturated rings. The van der Waals surface area contributed by atoms with Crippen LogP contribution in [0.4, 0.5) is 5.69 Å². The summed E-state index contributed by atoms with van der Waals surface area (Å²) >= 11 is 0. The SMILES string of the molecule is CCN(CC)S(=O)(=O)c1ccc(NC(=O)c2ccccc2OCC(C)C)cc1. The van der Waals surface area contributed by atoms with E-state index >= 15 is 0 Å². The molecule has 0 saturated carbocycles. The largest absolute Gasteiger partial charge is 0.492 e. The monoisotopic (exact) mass is 404 g/mol. The summed E-state index contributed by atoms with van der Waals surface area (Å²) in [6, 6.07) is 13.2. The smallest absolute Gasteiger partial charge is 0.259 e. The number of nitrogens with zero attached hydrogens (tertiary/aromatic N) is 1. The lowest BCUT2D eigenvalue weighted by atomic mass is 10.1.